The van der Waals surface area contributed by atoms with Crippen LogP contribution < -0.4 is 10.1 Å². The van der Waals surface area contributed by atoms with Crippen molar-refractivity contribution >= 4 is 22.9 Å². The summed E-state index contributed by atoms with van der Waals surface area (Å²) >= 11 is 1.35. The van der Waals surface area contributed by atoms with Gasteiger partial charge in [0, 0.05) is 29.7 Å². The Balaban J connectivity index is 1.32. The maximum Gasteiger partial charge on any atom is 0.265 e. The van der Waals surface area contributed by atoms with E-state index in [-0.39, 0.29) is 18.3 Å². The molecule has 0 bridgehead atoms. The van der Waals surface area contributed by atoms with Gasteiger partial charge in [-0.25, -0.2) is 4.39 Å². The lowest BCUT2D eigenvalue weighted by molar-refractivity contribution is 0.103. The lowest BCUT2D eigenvalue weighted by Crippen LogP contribution is -2.10. The molecule has 0 saturated carbocycles. The molecular weight excluding hydrogens is 399 g/mol. The number of rotatable bonds is 7. The molecular formula is C24H19FN2O2S. The first kappa shape index (κ1) is 19.8. The Morgan fingerprint density at radius 3 is 2.50 bits per heavy atom. The molecule has 0 fully saturated rings. The smallest absolute Gasteiger partial charge is 0.265 e. The molecule has 4 aromatic rings. The first-order valence-corrected chi connectivity index (χ1v) is 10.3. The van der Waals surface area contributed by atoms with Gasteiger partial charge >= 0.3 is 0 Å². The Bertz CT molecular complexity index is 1130. The standard InChI is InChI=1S/C24H19FN2O2S/c25-20-2-1-3-22(14-20)29-15-19-13-23(30-16-19)24(28)27-21-6-4-17(5-7-21)12-18-8-10-26-11-9-18/h1-11,13-14,16H,12,15H2,(H,27,28). The number of thiophene rings is 1. The molecule has 2 aromatic heterocycles. The third-order valence-corrected chi connectivity index (χ3v) is 5.43. The number of anilines is 1. The minimum atomic E-state index is -0.343. The molecule has 0 spiro atoms. The molecule has 150 valence electrons. The summed E-state index contributed by atoms with van der Waals surface area (Å²) in [6.07, 6.45) is 4.38. The van der Waals surface area contributed by atoms with Crippen LogP contribution in [0.15, 0.2) is 84.5 Å². The maximum absolute atomic E-state index is 13.2. The van der Waals surface area contributed by atoms with E-state index in [2.05, 4.69) is 10.3 Å². The highest BCUT2D eigenvalue weighted by Crippen LogP contribution is 2.20. The molecule has 1 N–H and O–H groups in total. The van der Waals surface area contributed by atoms with Gasteiger partial charge in [0.1, 0.15) is 18.2 Å². The number of carbonyl (C=O) groups excluding carboxylic acids is 1. The highest BCUT2D eigenvalue weighted by Gasteiger charge is 2.10. The molecule has 0 aliphatic rings. The van der Waals surface area contributed by atoms with Crippen molar-refractivity contribution in [1.29, 1.82) is 0 Å². The van der Waals surface area contributed by atoms with Crippen molar-refractivity contribution in [2.75, 3.05) is 5.32 Å². The highest BCUT2D eigenvalue weighted by atomic mass is 32.1. The lowest BCUT2D eigenvalue weighted by Gasteiger charge is -2.06. The second-order valence-corrected chi connectivity index (χ2v) is 7.66. The fraction of sp³-hybridized carbons (Fsp3) is 0.0833. The predicted octanol–water partition coefficient (Wildman–Crippen LogP) is 5.70. The largest absolute Gasteiger partial charge is 0.489 e. The van der Waals surface area contributed by atoms with E-state index in [4.69, 9.17) is 4.74 Å². The summed E-state index contributed by atoms with van der Waals surface area (Å²) in [5.74, 6) is -0.0531. The average Bonchev–Trinajstić information content (AvgIpc) is 3.24. The molecule has 0 aliphatic carbocycles. The quantitative estimate of drug-likeness (QED) is 0.419. The van der Waals surface area contributed by atoms with Crippen LogP contribution in [0.5, 0.6) is 5.75 Å². The molecule has 0 saturated heterocycles. The molecule has 2 heterocycles. The third-order valence-electron chi connectivity index (χ3n) is 4.45. The number of aromatic nitrogens is 1. The van der Waals surface area contributed by atoms with Gasteiger partial charge < -0.3 is 10.1 Å². The molecule has 0 radical (unpaired) electrons. The van der Waals surface area contributed by atoms with E-state index in [1.165, 1.54) is 29.0 Å². The van der Waals surface area contributed by atoms with Crippen LogP contribution in [0, 0.1) is 5.82 Å². The van der Waals surface area contributed by atoms with Gasteiger partial charge in [-0.05, 0) is 65.4 Å². The number of pyridine rings is 1. The summed E-state index contributed by atoms with van der Waals surface area (Å²) < 4.78 is 18.8. The Kier molecular flexibility index (Phi) is 6.15. The number of hydrogen-bond acceptors (Lipinski definition) is 4. The monoisotopic (exact) mass is 418 g/mol. The van der Waals surface area contributed by atoms with E-state index in [1.807, 2.05) is 41.8 Å². The van der Waals surface area contributed by atoms with Crippen molar-refractivity contribution in [3.8, 4) is 5.75 Å². The Hall–Kier alpha value is -3.51. The predicted molar refractivity (Wildman–Crippen MR) is 116 cm³/mol. The summed E-state index contributed by atoms with van der Waals surface area (Å²) in [6.45, 7) is 0.275. The first-order valence-electron chi connectivity index (χ1n) is 9.41. The van der Waals surface area contributed by atoms with Crippen LogP contribution in [0.2, 0.25) is 0 Å². The first-order chi connectivity index (χ1) is 14.7. The Morgan fingerprint density at radius 2 is 1.73 bits per heavy atom. The van der Waals surface area contributed by atoms with E-state index in [9.17, 15) is 9.18 Å². The minimum Gasteiger partial charge on any atom is -0.489 e. The van der Waals surface area contributed by atoms with E-state index in [0.717, 1.165) is 23.2 Å². The SMILES string of the molecule is O=C(Nc1ccc(Cc2ccncc2)cc1)c1cc(COc2cccc(F)c2)cs1. The number of amides is 1. The summed E-state index contributed by atoms with van der Waals surface area (Å²) in [4.78, 5) is 17.1. The summed E-state index contributed by atoms with van der Waals surface area (Å²) in [5.41, 5.74) is 3.95. The van der Waals surface area contributed by atoms with Crippen molar-refractivity contribution in [3.05, 3.63) is 112 Å². The molecule has 6 heteroatoms. The number of carbonyl (C=O) groups is 1. The van der Waals surface area contributed by atoms with E-state index < -0.39 is 0 Å². The Morgan fingerprint density at radius 1 is 0.967 bits per heavy atom. The number of nitrogens with zero attached hydrogens (tertiary/aromatic N) is 1. The lowest BCUT2D eigenvalue weighted by atomic mass is 10.1. The molecule has 0 aliphatic heterocycles. The molecule has 4 nitrogen and oxygen atoms in total. The van der Waals surface area contributed by atoms with Crippen molar-refractivity contribution in [3.63, 3.8) is 0 Å². The second-order valence-electron chi connectivity index (χ2n) is 6.75. The van der Waals surface area contributed by atoms with Crippen LogP contribution in [0.25, 0.3) is 0 Å². The zero-order chi connectivity index (χ0) is 20.8. The average molecular weight is 418 g/mol. The van der Waals surface area contributed by atoms with Crippen molar-refractivity contribution in [2.45, 2.75) is 13.0 Å². The summed E-state index contributed by atoms with van der Waals surface area (Å²) in [5, 5.41) is 4.78. The van der Waals surface area contributed by atoms with Crippen LogP contribution in [0.3, 0.4) is 0 Å². The van der Waals surface area contributed by atoms with Gasteiger partial charge in [-0.2, -0.15) is 0 Å². The van der Waals surface area contributed by atoms with Gasteiger partial charge in [0.25, 0.3) is 5.91 Å². The van der Waals surface area contributed by atoms with Crippen molar-refractivity contribution < 1.29 is 13.9 Å². The fourth-order valence-electron chi connectivity index (χ4n) is 2.93. The van der Waals surface area contributed by atoms with E-state index >= 15 is 0 Å². The van der Waals surface area contributed by atoms with Gasteiger partial charge in [-0.15, -0.1) is 11.3 Å². The zero-order valence-corrected chi connectivity index (χ0v) is 16.9. The molecule has 30 heavy (non-hydrogen) atoms. The van der Waals surface area contributed by atoms with E-state index in [1.54, 1.807) is 30.6 Å². The number of nitrogens with one attached hydrogen (secondary N) is 1. The number of hydrogen-bond donors (Lipinski definition) is 1. The van der Waals surface area contributed by atoms with Gasteiger partial charge in [0.2, 0.25) is 0 Å². The van der Waals surface area contributed by atoms with Gasteiger partial charge in [0.05, 0.1) is 4.88 Å². The topological polar surface area (TPSA) is 51.2 Å². The van der Waals surface area contributed by atoms with E-state index in [0.29, 0.717) is 10.6 Å². The summed E-state index contributed by atoms with van der Waals surface area (Å²) in [7, 11) is 0. The number of ether oxygens (including phenoxy) is 1. The van der Waals surface area contributed by atoms with Crippen LogP contribution >= 0.6 is 11.3 Å². The summed E-state index contributed by atoms with van der Waals surface area (Å²) in [6, 6.07) is 19.6. The minimum absolute atomic E-state index is 0.168. The van der Waals surface area contributed by atoms with Crippen LogP contribution in [0.1, 0.15) is 26.4 Å². The number of benzene rings is 2. The second kappa shape index (κ2) is 9.33. The Labute approximate surface area is 178 Å². The third kappa shape index (κ3) is 5.30. The highest BCUT2D eigenvalue weighted by molar-refractivity contribution is 7.12. The normalized spacial score (nSPS) is 10.6. The van der Waals surface area contributed by atoms with Crippen LogP contribution in [0.4, 0.5) is 10.1 Å². The molecule has 0 unspecified atom stereocenters. The van der Waals surface area contributed by atoms with Gasteiger partial charge in [-0.1, -0.05) is 18.2 Å². The maximum atomic E-state index is 13.2. The molecule has 0 atom stereocenters. The van der Waals surface area contributed by atoms with Gasteiger partial charge in [-0.3, -0.25) is 9.78 Å². The molecule has 1 amide bonds. The van der Waals surface area contributed by atoms with Crippen LogP contribution in [-0.2, 0) is 13.0 Å². The molecule has 4 rings (SSSR count). The van der Waals surface area contributed by atoms with Crippen LogP contribution in [-0.4, -0.2) is 10.9 Å². The zero-order valence-electron chi connectivity index (χ0n) is 16.0. The number of halogens is 1. The molecule has 2 aromatic carbocycles. The fourth-order valence-corrected chi connectivity index (χ4v) is 3.72. The van der Waals surface area contributed by atoms with Gasteiger partial charge in [0.15, 0.2) is 0 Å². The van der Waals surface area contributed by atoms with Crippen molar-refractivity contribution in [2.24, 2.45) is 0 Å². The van der Waals surface area contributed by atoms with Crippen molar-refractivity contribution in [1.82, 2.24) is 4.98 Å².